The molecule has 0 aliphatic heterocycles. The van der Waals surface area contributed by atoms with Crippen molar-refractivity contribution in [3.63, 3.8) is 0 Å². The van der Waals surface area contributed by atoms with E-state index in [4.69, 9.17) is 23.4 Å². The average molecular weight is 340 g/mol. The van der Waals surface area contributed by atoms with Crippen LogP contribution >= 0.6 is 0 Å². The monoisotopic (exact) mass is 340 g/mol. The number of furan rings is 1. The highest BCUT2D eigenvalue weighted by molar-refractivity contribution is 5.70. The van der Waals surface area contributed by atoms with Gasteiger partial charge in [0.1, 0.15) is 17.3 Å². The Labute approximate surface area is 146 Å². The fraction of sp³-hybridized carbons (Fsp3) is 0.200. The summed E-state index contributed by atoms with van der Waals surface area (Å²) in [6.07, 6.45) is 0. The van der Waals surface area contributed by atoms with Gasteiger partial charge in [0, 0.05) is 11.1 Å². The molecule has 5 nitrogen and oxygen atoms in total. The van der Waals surface area contributed by atoms with E-state index >= 15 is 0 Å². The van der Waals surface area contributed by atoms with E-state index in [1.54, 1.807) is 28.4 Å². The second kappa shape index (κ2) is 7.21. The Hall–Kier alpha value is -3.08. The van der Waals surface area contributed by atoms with Gasteiger partial charge in [-0.1, -0.05) is 0 Å². The van der Waals surface area contributed by atoms with Gasteiger partial charge < -0.3 is 23.4 Å². The molecule has 0 aliphatic carbocycles. The van der Waals surface area contributed by atoms with Crippen LogP contribution in [0.2, 0.25) is 0 Å². The minimum Gasteiger partial charge on any atom is -0.497 e. The van der Waals surface area contributed by atoms with E-state index in [2.05, 4.69) is 0 Å². The number of hydrogen-bond acceptors (Lipinski definition) is 5. The minimum absolute atomic E-state index is 0.552. The van der Waals surface area contributed by atoms with Crippen LogP contribution in [0, 0.1) is 0 Å². The van der Waals surface area contributed by atoms with Gasteiger partial charge >= 0.3 is 0 Å². The molecule has 0 aliphatic rings. The lowest BCUT2D eigenvalue weighted by atomic mass is 10.1. The summed E-state index contributed by atoms with van der Waals surface area (Å²) in [6.45, 7) is 0. The first kappa shape index (κ1) is 16.8. The van der Waals surface area contributed by atoms with Crippen LogP contribution in [-0.2, 0) is 0 Å². The van der Waals surface area contributed by atoms with Crippen LogP contribution in [0.3, 0.4) is 0 Å². The van der Waals surface area contributed by atoms with Gasteiger partial charge in [-0.2, -0.15) is 0 Å². The van der Waals surface area contributed by atoms with Gasteiger partial charge in [0.25, 0.3) is 0 Å². The molecule has 5 heteroatoms. The lowest BCUT2D eigenvalue weighted by Gasteiger charge is -2.13. The highest BCUT2D eigenvalue weighted by Crippen LogP contribution is 2.42. The van der Waals surface area contributed by atoms with Crippen molar-refractivity contribution in [2.75, 3.05) is 28.4 Å². The Kier molecular flexibility index (Phi) is 4.84. The zero-order valence-electron chi connectivity index (χ0n) is 14.7. The van der Waals surface area contributed by atoms with Crippen molar-refractivity contribution in [3.05, 3.63) is 48.5 Å². The largest absolute Gasteiger partial charge is 0.497 e. The molecular weight excluding hydrogens is 320 g/mol. The van der Waals surface area contributed by atoms with Crippen LogP contribution < -0.4 is 18.9 Å². The molecule has 0 unspecified atom stereocenters. The molecular formula is C20H20O5. The fourth-order valence-electron chi connectivity index (χ4n) is 2.63. The van der Waals surface area contributed by atoms with Crippen LogP contribution in [0.5, 0.6) is 23.0 Å². The van der Waals surface area contributed by atoms with E-state index in [-0.39, 0.29) is 0 Å². The summed E-state index contributed by atoms with van der Waals surface area (Å²) < 4.78 is 27.3. The Balaban J connectivity index is 1.98. The number of methoxy groups -OCH3 is 4. The minimum atomic E-state index is 0.552. The van der Waals surface area contributed by atoms with Gasteiger partial charge in [0.15, 0.2) is 11.5 Å². The molecule has 0 saturated heterocycles. The van der Waals surface area contributed by atoms with Crippen LogP contribution in [0.1, 0.15) is 0 Å². The van der Waals surface area contributed by atoms with Crippen molar-refractivity contribution in [3.8, 4) is 45.6 Å². The number of ether oxygens (including phenoxy) is 4. The second-order valence-corrected chi connectivity index (χ2v) is 5.31. The smallest absolute Gasteiger partial charge is 0.203 e. The summed E-state index contributed by atoms with van der Waals surface area (Å²) in [6, 6.07) is 15.3. The zero-order chi connectivity index (χ0) is 17.8. The fourth-order valence-corrected chi connectivity index (χ4v) is 2.63. The molecule has 0 bridgehead atoms. The second-order valence-electron chi connectivity index (χ2n) is 5.31. The van der Waals surface area contributed by atoms with Crippen LogP contribution in [0.4, 0.5) is 0 Å². The van der Waals surface area contributed by atoms with Crippen molar-refractivity contribution in [2.45, 2.75) is 0 Å². The van der Waals surface area contributed by atoms with Crippen molar-refractivity contribution in [2.24, 2.45) is 0 Å². The molecule has 0 atom stereocenters. The molecule has 2 aromatic carbocycles. The maximum Gasteiger partial charge on any atom is 0.203 e. The molecule has 0 amide bonds. The maximum absolute atomic E-state index is 6.01. The van der Waals surface area contributed by atoms with E-state index in [9.17, 15) is 0 Å². The highest BCUT2D eigenvalue weighted by Gasteiger charge is 2.16. The first-order chi connectivity index (χ1) is 12.2. The van der Waals surface area contributed by atoms with E-state index in [1.165, 1.54) is 0 Å². The molecule has 0 radical (unpaired) electrons. The van der Waals surface area contributed by atoms with Gasteiger partial charge in [-0.3, -0.25) is 0 Å². The van der Waals surface area contributed by atoms with E-state index in [0.29, 0.717) is 23.0 Å². The lowest BCUT2D eigenvalue weighted by molar-refractivity contribution is 0.324. The number of rotatable bonds is 6. The van der Waals surface area contributed by atoms with Crippen LogP contribution in [0.15, 0.2) is 52.9 Å². The molecule has 25 heavy (non-hydrogen) atoms. The summed E-state index contributed by atoms with van der Waals surface area (Å²) in [7, 11) is 6.40. The average Bonchev–Trinajstić information content (AvgIpc) is 3.17. The molecule has 3 rings (SSSR count). The Morgan fingerprint density at radius 3 is 1.64 bits per heavy atom. The molecule has 0 saturated carbocycles. The van der Waals surface area contributed by atoms with Crippen molar-refractivity contribution in [1.29, 1.82) is 0 Å². The number of hydrogen-bond donors (Lipinski definition) is 0. The maximum atomic E-state index is 6.01. The van der Waals surface area contributed by atoms with Gasteiger partial charge in [0.05, 0.1) is 28.4 Å². The van der Waals surface area contributed by atoms with Gasteiger partial charge in [-0.15, -0.1) is 0 Å². The molecule has 1 heterocycles. The zero-order valence-corrected chi connectivity index (χ0v) is 14.7. The first-order valence-electron chi connectivity index (χ1n) is 7.74. The third-order valence-corrected chi connectivity index (χ3v) is 3.93. The Morgan fingerprint density at radius 1 is 0.600 bits per heavy atom. The van der Waals surface area contributed by atoms with Crippen LogP contribution in [-0.4, -0.2) is 28.4 Å². The van der Waals surface area contributed by atoms with E-state index < -0.39 is 0 Å². The third kappa shape index (κ3) is 3.26. The molecule has 1 aromatic heterocycles. The standard InChI is InChI=1S/C20H20O5/c1-21-15-7-5-13(6-8-15)16-9-10-17(25-16)14-11-18(22-2)20(24-4)19(12-14)23-3/h5-12H,1-4H3. The molecule has 0 spiro atoms. The summed E-state index contributed by atoms with van der Waals surface area (Å²) in [5.74, 6) is 4.01. The van der Waals surface area contributed by atoms with Crippen molar-refractivity contribution < 1.29 is 23.4 Å². The lowest BCUT2D eigenvalue weighted by Crippen LogP contribution is -1.95. The van der Waals surface area contributed by atoms with Gasteiger partial charge in [-0.05, 0) is 48.5 Å². The summed E-state index contributed by atoms with van der Waals surface area (Å²) in [5, 5.41) is 0. The summed E-state index contributed by atoms with van der Waals surface area (Å²) in [5.41, 5.74) is 1.81. The third-order valence-electron chi connectivity index (χ3n) is 3.93. The Bertz CT molecular complexity index is 824. The van der Waals surface area contributed by atoms with Gasteiger partial charge in [-0.25, -0.2) is 0 Å². The molecule has 0 N–H and O–H groups in total. The Morgan fingerprint density at radius 2 is 1.16 bits per heavy atom. The molecule has 3 aromatic rings. The predicted octanol–water partition coefficient (Wildman–Crippen LogP) is 4.65. The quantitative estimate of drug-likeness (QED) is 0.654. The molecule has 130 valence electrons. The van der Waals surface area contributed by atoms with E-state index in [1.807, 2.05) is 48.5 Å². The normalized spacial score (nSPS) is 10.4. The number of benzene rings is 2. The van der Waals surface area contributed by atoms with Gasteiger partial charge in [0.2, 0.25) is 5.75 Å². The summed E-state index contributed by atoms with van der Waals surface area (Å²) in [4.78, 5) is 0. The predicted molar refractivity (Wildman–Crippen MR) is 95.8 cm³/mol. The molecule has 0 fully saturated rings. The summed E-state index contributed by atoms with van der Waals surface area (Å²) >= 11 is 0. The highest BCUT2D eigenvalue weighted by atomic mass is 16.5. The van der Waals surface area contributed by atoms with E-state index in [0.717, 1.165) is 22.6 Å². The van der Waals surface area contributed by atoms with Crippen LogP contribution in [0.25, 0.3) is 22.6 Å². The van der Waals surface area contributed by atoms with Crippen molar-refractivity contribution >= 4 is 0 Å². The first-order valence-corrected chi connectivity index (χ1v) is 7.74. The van der Waals surface area contributed by atoms with Crippen molar-refractivity contribution in [1.82, 2.24) is 0 Å². The SMILES string of the molecule is COc1ccc(-c2ccc(-c3cc(OC)c(OC)c(OC)c3)o2)cc1. The topological polar surface area (TPSA) is 50.1 Å².